The molecule has 0 unspecified atom stereocenters. The van der Waals surface area contributed by atoms with Crippen molar-refractivity contribution in [1.82, 2.24) is 15.3 Å². The molecule has 0 amide bonds. The first kappa shape index (κ1) is 13.5. The second-order valence-electron chi connectivity index (χ2n) is 3.81. The van der Waals surface area contributed by atoms with Crippen molar-refractivity contribution >= 4 is 33.2 Å². The number of nitrogens with zero attached hydrogens (tertiary/aromatic N) is 2. The van der Waals surface area contributed by atoms with Crippen LogP contribution in [0.5, 0.6) is 0 Å². The molecule has 2 N–H and O–H groups in total. The topological polar surface area (TPSA) is 49.8 Å². The number of anilines is 1. The van der Waals surface area contributed by atoms with E-state index in [4.69, 9.17) is 0 Å². The lowest BCUT2D eigenvalue weighted by molar-refractivity contribution is 0.745. The van der Waals surface area contributed by atoms with Crippen LogP contribution in [0.25, 0.3) is 10.4 Å². The number of rotatable bonds is 6. The lowest BCUT2D eigenvalue weighted by Crippen LogP contribution is -2.13. The Bertz CT molecular complexity index is 483. The van der Waals surface area contributed by atoms with E-state index in [-0.39, 0.29) is 0 Å². The van der Waals surface area contributed by atoms with Gasteiger partial charge in [0, 0.05) is 39.2 Å². The normalized spacial score (nSPS) is 10.6. The zero-order valence-corrected chi connectivity index (χ0v) is 12.5. The molecule has 0 aliphatic heterocycles. The molecular formula is C12H15BrN4S. The van der Waals surface area contributed by atoms with E-state index in [1.807, 2.05) is 19.4 Å². The smallest absolute Gasteiger partial charge is 0.222 e. The maximum absolute atomic E-state index is 4.31. The fourth-order valence-corrected chi connectivity index (χ4v) is 2.88. The first-order chi connectivity index (χ1) is 8.79. The molecule has 2 heterocycles. The van der Waals surface area contributed by atoms with Gasteiger partial charge in [0.15, 0.2) is 0 Å². The van der Waals surface area contributed by atoms with Crippen molar-refractivity contribution in [2.45, 2.75) is 6.42 Å². The van der Waals surface area contributed by atoms with Crippen LogP contribution in [0.15, 0.2) is 28.3 Å². The van der Waals surface area contributed by atoms with Gasteiger partial charge in [0.05, 0.1) is 0 Å². The maximum atomic E-state index is 4.31. The molecule has 0 spiro atoms. The van der Waals surface area contributed by atoms with Crippen LogP contribution in [0.4, 0.5) is 5.95 Å². The Morgan fingerprint density at radius 2 is 2.06 bits per heavy atom. The molecule has 0 radical (unpaired) electrons. The highest BCUT2D eigenvalue weighted by molar-refractivity contribution is 9.10. The minimum Gasteiger partial charge on any atom is -0.354 e. The predicted octanol–water partition coefficient (Wildman–Crippen LogP) is 2.99. The van der Waals surface area contributed by atoms with Gasteiger partial charge in [0.25, 0.3) is 0 Å². The molecule has 96 valence electrons. The average molecular weight is 327 g/mol. The minimum absolute atomic E-state index is 0.686. The summed E-state index contributed by atoms with van der Waals surface area (Å²) in [6.07, 6.45) is 4.76. The van der Waals surface area contributed by atoms with Crippen LogP contribution in [0, 0.1) is 0 Å². The van der Waals surface area contributed by atoms with Crippen LogP contribution in [0.1, 0.15) is 6.42 Å². The van der Waals surface area contributed by atoms with E-state index in [0.717, 1.165) is 29.5 Å². The van der Waals surface area contributed by atoms with Crippen LogP contribution in [-0.4, -0.2) is 30.1 Å². The van der Waals surface area contributed by atoms with E-state index in [2.05, 4.69) is 48.0 Å². The van der Waals surface area contributed by atoms with Crippen molar-refractivity contribution in [3.05, 3.63) is 28.3 Å². The van der Waals surface area contributed by atoms with Crippen molar-refractivity contribution < 1.29 is 0 Å². The van der Waals surface area contributed by atoms with Crippen LogP contribution in [0.3, 0.4) is 0 Å². The summed E-state index contributed by atoms with van der Waals surface area (Å²) in [4.78, 5) is 9.79. The Balaban J connectivity index is 1.93. The third-order valence-corrected chi connectivity index (χ3v) is 4.13. The molecule has 2 aromatic heterocycles. The number of hydrogen-bond acceptors (Lipinski definition) is 5. The zero-order chi connectivity index (χ0) is 12.8. The lowest BCUT2D eigenvalue weighted by atomic mass is 10.3. The SMILES string of the molecule is CNCCCNc1ncc(-c2cc(Br)cs2)cn1. The summed E-state index contributed by atoms with van der Waals surface area (Å²) < 4.78 is 1.09. The third-order valence-electron chi connectivity index (χ3n) is 2.39. The Morgan fingerprint density at radius 3 is 2.67 bits per heavy atom. The Labute approximate surface area is 119 Å². The summed E-state index contributed by atoms with van der Waals surface area (Å²) in [5.74, 6) is 0.686. The highest BCUT2D eigenvalue weighted by Crippen LogP contribution is 2.28. The summed E-state index contributed by atoms with van der Waals surface area (Å²) in [6, 6.07) is 2.07. The summed E-state index contributed by atoms with van der Waals surface area (Å²) >= 11 is 5.12. The van der Waals surface area contributed by atoms with Gasteiger partial charge in [-0.05, 0) is 42.0 Å². The van der Waals surface area contributed by atoms with Gasteiger partial charge in [0.2, 0.25) is 5.95 Å². The van der Waals surface area contributed by atoms with E-state index in [0.29, 0.717) is 5.95 Å². The molecule has 0 aliphatic rings. The second-order valence-corrected chi connectivity index (χ2v) is 5.64. The summed E-state index contributed by atoms with van der Waals surface area (Å²) in [5, 5.41) is 8.35. The number of halogens is 1. The van der Waals surface area contributed by atoms with E-state index in [1.165, 1.54) is 4.88 Å². The van der Waals surface area contributed by atoms with Gasteiger partial charge >= 0.3 is 0 Å². The van der Waals surface area contributed by atoms with Crippen molar-refractivity contribution in [3.8, 4) is 10.4 Å². The standard InChI is InChI=1S/C12H15BrN4S/c1-14-3-2-4-15-12-16-6-9(7-17-12)11-5-10(13)8-18-11/h5-8,14H,2-4H2,1H3,(H,15,16,17). The summed E-state index contributed by atoms with van der Waals surface area (Å²) in [6.45, 7) is 1.87. The van der Waals surface area contributed by atoms with Crippen molar-refractivity contribution in [1.29, 1.82) is 0 Å². The molecule has 0 saturated heterocycles. The maximum Gasteiger partial charge on any atom is 0.222 e. The Kier molecular flexibility index (Phi) is 5.10. The molecule has 0 aliphatic carbocycles. The second kappa shape index (κ2) is 6.82. The van der Waals surface area contributed by atoms with E-state index < -0.39 is 0 Å². The first-order valence-electron chi connectivity index (χ1n) is 5.74. The van der Waals surface area contributed by atoms with E-state index in [1.54, 1.807) is 11.3 Å². The highest BCUT2D eigenvalue weighted by Gasteiger charge is 2.03. The Morgan fingerprint density at radius 1 is 1.28 bits per heavy atom. The minimum atomic E-state index is 0.686. The van der Waals surface area contributed by atoms with Gasteiger partial charge in [-0.15, -0.1) is 11.3 Å². The number of nitrogens with one attached hydrogen (secondary N) is 2. The van der Waals surface area contributed by atoms with Gasteiger partial charge in [-0.3, -0.25) is 0 Å². The van der Waals surface area contributed by atoms with Gasteiger partial charge in [-0.1, -0.05) is 0 Å². The zero-order valence-electron chi connectivity index (χ0n) is 10.1. The predicted molar refractivity (Wildman–Crippen MR) is 80.1 cm³/mol. The van der Waals surface area contributed by atoms with E-state index in [9.17, 15) is 0 Å². The Hall–Kier alpha value is -0.980. The number of hydrogen-bond donors (Lipinski definition) is 2. The van der Waals surface area contributed by atoms with Crippen molar-refractivity contribution in [2.24, 2.45) is 0 Å². The van der Waals surface area contributed by atoms with Crippen LogP contribution >= 0.6 is 27.3 Å². The van der Waals surface area contributed by atoms with Gasteiger partial charge in [-0.2, -0.15) is 0 Å². The molecule has 2 aromatic rings. The van der Waals surface area contributed by atoms with Gasteiger partial charge in [0.1, 0.15) is 0 Å². The monoisotopic (exact) mass is 326 g/mol. The molecule has 0 saturated carbocycles. The van der Waals surface area contributed by atoms with E-state index >= 15 is 0 Å². The molecule has 2 rings (SSSR count). The quantitative estimate of drug-likeness (QED) is 0.801. The van der Waals surface area contributed by atoms with Crippen LogP contribution in [0.2, 0.25) is 0 Å². The van der Waals surface area contributed by atoms with Gasteiger partial charge < -0.3 is 10.6 Å². The van der Waals surface area contributed by atoms with Gasteiger partial charge in [-0.25, -0.2) is 9.97 Å². The van der Waals surface area contributed by atoms with Crippen molar-refractivity contribution in [2.75, 3.05) is 25.5 Å². The summed E-state index contributed by atoms with van der Waals surface area (Å²) in [7, 11) is 1.95. The molecule has 0 aromatic carbocycles. The molecule has 0 atom stereocenters. The molecule has 4 nitrogen and oxygen atoms in total. The molecular weight excluding hydrogens is 312 g/mol. The van der Waals surface area contributed by atoms with Crippen LogP contribution < -0.4 is 10.6 Å². The number of aromatic nitrogens is 2. The number of thiophene rings is 1. The molecule has 6 heteroatoms. The fourth-order valence-electron chi connectivity index (χ4n) is 1.48. The van der Waals surface area contributed by atoms with Crippen LogP contribution in [-0.2, 0) is 0 Å². The lowest BCUT2D eigenvalue weighted by Gasteiger charge is -2.04. The molecule has 18 heavy (non-hydrogen) atoms. The fraction of sp³-hybridized carbons (Fsp3) is 0.333. The first-order valence-corrected chi connectivity index (χ1v) is 7.42. The van der Waals surface area contributed by atoms with Crippen molar-refractivity contribution in [3.63, 3.8) is 0 Å². The third kappa shape index (κ3) is 3.76. The molecule has 0 fully saturated rings. The summed E-state index contributed by atoms with van der Waals surface area (Å²) in [5.41, 5.74) is 1.05. The largest absolute Gasteiger partial charge is 0.354 e. The average Bonchev–Trinajstić information content (AvgIpc) is 2.82. The molecule has 0 bridgehead atoms. The highest BCUT2D eigenvalue weighted by atomic mass is 79.9.